The molecule has 0 aliphatic heterocycles. The Labute approximate surface area is 216 Å². The summed E-state index contributed by atoms with van der Waals surface area (Å²) in [5, 5.41) is 6.10. The third kappa shape index (κ3) is 5.53. The summed E-state index contributed by atoms with van der Waals surface area (Å²) < 4.78 is 0. The van der Waals surface area contributed by atoms with E-state index in [-0.39, 0.29) is 0 Å². The maximum Gasteiger partial charge on any atom is 0.0283 e. The molecule has 1 heteroatoms. The first-order valence-electron chi connectivity index (χ1n) is 11.9. The first-order valence-corrected chi connectivity index (χ1v) is 13.0. The average molecular weight is 515 g/mol. The zero-order valence-corrected chi connectivity index (χ0v) is 21.4. The fraction of sp³-hybridized carbons (Fsp3) is 0.0588. The van der Waals surface area contributed by atoms with Crippen LogP contribution in [-0.4, -0.2) is 0 Å². The van der Waals surface area contributed by atoms with Gasteiger partial charge in [0, 0.05) is 5.33 Å². The predicted octanol–water partition coefficient (Wildman–Crippen LogP) is 10.2. The third-order valence-corrected chi connectivity index (χ3v) is 6.92. The minimum Gasteiger partial charge on any atom is -0.0876 e. The van der Waals surface area contributed by atoms with Gasteiger partial charge in [-0.05, 0) is 68.4 Å². The van der Waals surface area contributed by atoms with Gasteiger partial charge < -0.3 is 0 Å². The van der Waals surface area contributed by atoms with E-state index >= 15 is 0 Å². The van der Waals surface area contributed by atoms with E-state index < -0.39 is 0 Å². The van der Waals surface area contributed by atoms with Crippen molar-refractivity contribution in [1.82, 2.24) is 0 Å². The van der Waals surface area contributed by atoms with E-state index in [2.05, 4.69) is 150 Å². The molecule has 6 aromatic rings. The smallest absolute Gasteiger partial charge is 0.0283 e. The summed E-state index contributed by atoms with van der Waals surface area (Å²) in [5.41, 5.74) is 7.72. The summed E-state index contributed by atoms with van der Waals surface area (Å²) in [4.78, 5) is 0. The molecule has 0 fully saturated rings. The lowest BCUT2D eigenvalue weighted by atomic mass is 10.0. The SMILES string of the molecule is BrCc1ccc2ccc(-c3ccccc3)cc2c1.Cc1ccc2ccc(-c3ccccc3)cc2c1. The Bertz CT molecular complexity index is 1570. The highest BCUT2D eigenvalue weighted by Gasteiger charge is 2.01. The van der Waals surface area contributed by atoms with Gasteiger partial charge in [0.2, 0.25) is 0 Å². The molecule has 0 nitrogen and oxygen atoms in total. The van der Waals surface area contributed by atoms with Crippen LogP contribution in [0.4, 0.5) is 0 Å². The van der Waals surface area contributed by atoms with E-state index in [9.17, 15) is 0 Å². The number of fused-ring (bicyclic) bond motifs is 2. The van der Waals surface area contributed by atoms with Gasteiger partial charge >= 0.3 is 0 Å². The Kier molecular flexibility index (Phi) is 7.07. The molecule has 6 rings (SSSR count). The van der Waals surface area contributed by atoms with Crippen LogP contribution >= 0.6 is 15.9 Å². The van der Waals surface area contributed by atoms with Crippen molar-refractivity contribution in [2.45, 2.75) is 12.3 Å². The van der Waals surface area contributed by atoms with Gasteiger partial charge in [-0.15, -0.1) is 0 Å². The molecule has 0 aliphatic rings. The van der Waals surface area contributed by atoms with Crippen LogP contribution in [0.1, 0.15) is 11.1 Å². The molecule has 0 atom stereocenters. The second kappa shape index (κ2) is 10.7. The van der Waals surface area contributed by atoms with Gasteiger partial charge in [0.25, 0.3) is 0 Å². The van der Waals surface area contributed by atoms with Crippen LogP contribution in [0.25, 0.3) is 43.8 Å². The zero-order chi connectivity index (χ0) is 24.0. The highest BCUT2D eigenvalue weighted by molar-refractivity contribution is 9.08. The number of halogens is 1. The fourth-order valence-electron chi connectivity index (χ4n) is 4.37. The number of hydrogen-bond acceptors (Lipinski definition) is 0. The fourth-order valence-corrected chi connectivity index (χ4v) is 4.71. The molecule has 0 aromatic heterocycles. The molecule has 35 heavy (non-hydrogen) atoms. The maximum atomic E-state index is 3.51. The minimum atomic E-state index is 0.901. The highest BCUT2D eigenvalue weighted by Crippen LogP contribution is 2.26. The van der Waals surface area contributed by atoms with E-state index in [0.29, 0.717) is 0 Å². The Morgan fingerprint density at radius 2 is 0.914 bits per heavy atom. The summed E-state index contributed by atoms with van der Waals surface area (Å²) in [5.74, 6) is 0. The number of benzene rings is 6. The lowest BCUT2D eigenvalue weighted by molar-refractivity contribution is 1.46. The van der Waals surface area contributed by atoms with Gasteiger partial charge in [0.1, 0.15) is 0 Å². The van der Waals surface area contributed by atoms with Gasteiger partial charge in [-0.1, -0.05) is 143 Å². The van der Waals surface area contributed by atoms with Crippen molar-refractivity contribution in [3.8, 4) is 22.3 Å². The number of hydrogen-bond donors (Lipinski definition) is 0. The largest absolute Gasteiger partial charge is 0.0876 e. The molecule has 170 valence electrons. The molecule has 0 bridgehead atoms. The van der Waals surface area contributed by atoms with Crippen molar-refractivity contribution in [1.29, 1.82) is 0 Å². The van der Waals surface area contributed by atoms with Gasteiger partial charge in [0.05, 0.1) is 0 Å². The van der Waals surface area contributed by atoms with E-state index in [1.54, 1.807) is 0 Å². The first-order chi connectivity index (χ1) is 17.2. The van der Waals surface area contributed by atoms with E-state index in [4.69, 9.17) is 0 Å². The Morgan fingerprint density at radius 3 is 1.46 bits per heavy atom. The first kappa shape index (κ1) is 23.1. The number of alkyl halides is 1. The van der Waals surface area contributed by atoms with Crippen molar-refractivity contribution in [2.75, 3.05) is 0 Å². The molecule has 0 saturated carbocycles. The van der Waals surface area contributed by atoms with E-state index in [1.165, 1.54) is 54.9 Å². The highest BCUT2D eigenvalue weighted by atomic mass is 79.9. The third-order valence-electron chi connectivity index (χ3n) is 6.27. The van der Waals surface area contributed by atoms with Crippen LogP contribution in [0, 0.1) is 6.92 Å². The summed E-state index contributed by atoms with van der Waals surface area (Å²) in [7, 11) is 0. The maximum absolute atomic E-state index is 3.51. The number of aryl methyl sites for hydroxylation is 1. The normalized spacial score (nSPS) is 10.7. The number of rotatable bonds is 3. The van der Waals surface area contributed by atoms with E-state index in [0.717, 1.165) is 5.33 Å². The van der Waals surface area contributed by atoms with Crippen LogP contribution in [0.2, 0.25) is 0 Å². The van der Waals surface area contributed by atoms with Crippen LogP contribution < -0.4 is 0 Å². The summed E-state index contributed by atoms with van der Waals surface area (Å²) in [6.07, 6.45) is 0. The monoisotopic (exact) mass is 514 g/mol. The molecule has 0 unspecified atom stereocenters. The summed E-state index contributed by atoms with van der Waals surface area (Å²) >= 11 is 3.51. The van der Waals surface area contributed by atoms with Crippen molar-refractivity contribution < 1.29 is 0 Å². The van der Waals surface area contributed by atoms with Crippen molar-refractivity contribution in [2.24, 2.45) is 0 Å². The quantitative estimate of drug-likeness (QED) is 0.206. The zero-order valence-electron chi connectivity index (χ0n) is 19.8. The van der Waals surface area contributed by atoms with Crippen LogP contribution in [0.15, 0.2) is 133 Å². The molecule has 0 spiro atoms. The van der Waals surface area contributed by atoms with Crippen molar-refractivity contribution in [3.05, 3.63) is 145 Å². The average Bonchev–Trinajstić information content (AvgIpc) is 2.93. The molecular formula is C34H27Br. The second-order valence-corrected chi connectivity index (χ2v) is 9.39. The molecule has 6 aromatic carbocycles. The van der Waals surface area contributed by atoms with Gasteiger partial charge in [-0.25, -0.2) is 0 Å². The minimum absolute atomic E-state index is 0.901. The van der Waals surface area contributed by atoms with Crippen LogP contribution in [0.3, 0.4) is 0 Å². The summed E-state index contributed by atoms with van der Waals surface area (Å²) in [6.45, 7) is 2.13. The standard InChI is InChI=1S/C17H13Br.C17H14/c18-12-13-6-7-15-8-9-16(11-17(15)10-13)14-4-2-1-3-5-14;1-13-7-8-15-9-10-16(12-17(15)11-13)14-5-3-2-4-6-14/h1-11H,12H2;2-12H,1H3. The summed E-state index contributed by atoms with van der Waals surface area (Å²) in [6, 6.07) is 47.5. The molecule has 0 N–H and O–H groups in total. The Balaban J connectivity index is 0.000000145. The molecule has 0 heterocycles. The van der Waals surface area contributed by atoms with Crippen molar-refractivity contribution in [3.63, 3.8) is 0 Å². The molecular weight excluding hydrogens is 488 g/mol. The molecule has 0 saturated heterocycles. The van der Waals surface area contributed by atoms with Gasteiger partial charge in [-0.3, -0.25) is 0 Å². The lowest BCUT2D eigenvalue weighted by Gasteiger charge is -2.05. The van der Waals surface area contributed by atoms with Crippen molar-refractivity contribution >= 4 is 37.5 Å². The Morgan fingerprint density at radius 1 is 0.429 bits per heavy atom. The van der Waals surface area contributed by atoms with E-state index in [1.807, 2.05) is 6.07 Å². The Hall–Kier alpha value is -3.68. The molecule has 0 radical (unpaired) electrons. The topological polar surface area (TPSA) is 0 Å². The second-order valence-electron chi connectivity index (χ2n) is 8.83. The van der Waals surface area contributed by atoms with Gasteiger partial charge in [0.15, 0.2) is 0 Å². The predicted molar refractivity (Wildman–Crippen MR) is 156 cm³/mol. The van der Waals surface area contributed by atoms with Crippen LogP contribution in [-0.2, 0) is 5.33 Å². The molecule has 0 aliphatic carbocycles. The van der Waals surface area contributed by atoms with Gasteiger partial charge in [-0.2, -0.15) is 0 Å². The lowest BCUT2D eigenvalue weighted by Crippen LogP contribution is -1.81. The molecule has 0 amide bonds. The van der Waals surface area contributed by atoms with Crippen LogP contribution in [0.5, 0.6) is 0 Å².